The largest absolute Gasteiger partial charge is 0.474 e. The van der Waals surface area contributed by atoms with E-state index in [0.717, 1.165) is 42.1 Å². The summed E-state index contributed by atoms with van der Waals surface area (Å²) in [4.78, 5) is 16.8. The van der Waals surface area contributed by atoms with Gasteiger partial charge in [0.2, 0.25) is 11.8 Å². The molecule has 1 N–H and O–H groups in total. The lowest BCUT2D eigenvalue weighted by Gasteiger charge is -2.29. The van der Waals surface area contributed by atoms with Crippen molar-refractivity contribution in [3.8, 4) is 5.88 Å². The molecule has 0 spiro atoms. The lowest BCUT2D eigenvalue weighted by molar-refractivity contribution is -0.121. The number of pyridine rings is 1. The summed E-state index contributed by atoms with van der Waals surface area (Å²) in [6.07, 6.45) is 7.84. The predicted molar refractivity (Wildman–Crippen MR) is 111 cm³/mol. The molecule has 0 radical (unpaired) electrons. The van der Waals surface area contributed by atoms with Gasteiger partial charge in [-0.2, -0.15) is 0 Å². The van der Waals surface area contributed by atoms with Crippen LogP contribution in [0.25, 0.3) is 10.9 Å². The smallest absolute Gasteiger partial charge is 0.224 e. The Hall–Kier alpha value is -2.53. The molecule has 6 heteroatoms. The number of nitrogens with zero attached hydrogens (tertiary/aromatic N) is 2. The molecule has 0 saturated heterocycles. The number of amides is 1. The van der Waals surface area contributed by atoms with E-state index in [1.54, 1.807) is 18.3 Å². The number of rotatable bonds is 5. The van der Waals surface area contributed by atoms with Crippen LogP contribution in [-0.2, 0) is 18.3 Å². The fourth-order valence-corrected chi connectivity index (χ4v) is 4.06. The number of benzene rings is 1. The Kier molecular flexibility index (Phi) is 5.53. The van der Waals surface area contributed by atoms with Crippen molar-refractivity contribution in [2.24, 2.45) is 7.05 Å². The molecule has 28 heavy (non-hydrogen) atoms. The van der Waals surface area contributed by atoms with Crippen LogP contribution in [0.4, 0.5) is 0 Å². The van der Waals surface area contributed by atoms with Crippen LogP contribution in [-0.4, -0.2) is 27.6 Å². The molecule has 2 aromatic heterocycles. The zero-order chi connectivity index (χ0) is 19.5. The van der Waals surface area contributed by atoms with E-state index in [4.69, 9.17) is 16.3 Å². The number of hydrogen-bond donors (Lipinski definition) is 1. The highest BCUT2D eigenvalue weighted by Crippen LogP contribution is 2.24. The van der Waals surface area contributed by atoms with Gasteiger partial charge in [0.25, 0.3) is 0 Å². The summed E-state index contributed by atoms with van der Waals surface area (Å²) < 4.78 is 8.00. The molecule has 146 valence electrons. The van der Waals surface area contributed by atoms with Crippen LogP contribution in [0.15, 0.2) is 48.8 Å². The normalized spacial score (nSPS) is 19.5. The monoisotopic (exact) mass is 397 g/mol. The van der Waals surface area contributed by atoms with Crippen molar-refractivity contribution in [1.82, 2.24) is 14.9 Å². The number of carbonyl (C=O) groups is 1. The number of fused-ring (bicyclic) bond motifs is 1. The van der Waals surface area contributed by atoms with Gasteiger partial charge in [-0.05, 0) is 43.4 Å². The second-order valence-corrected chi connectivity index (χ2v) is 7.87. The molecule has 2 heterocycles. The standard InChI is InChI=1S/C22H24ClN3O2/c1-26-14-15(19-4-2-3-5-20(19)26)12-21(27)25-17-7-9-18(10-8-17)28-22-11-6-16(23)13-24-22/h2-6,11,13-14,17-18H,7-10,12H2,1H3,(H,25,27). The first-order valence-electron chi connectivity index (χ1n) is 9.69. The Balaban J connectivity index is 1.28. The summed E-state index contributed by atoms with van der Waals surface area (Å²) in [5.41, 5.74) is 2.22. The quantitative estimate of drug-likeness (QED) is 0.699. The number of nitrogens with one attached hydrogen (secondary N) is 1. The number of halogens is 1. The zero-order valence-corrected chi connectivity index (χ0v) is 16.7. The van der Waals surface area contributed by atoms with Crippen molar-refractivity contribution in [2.45, 2.75) is 44.2 Å². The van der Waals surface area contributed by atoms with Crippen molar-refractivity contribution in [3.05, 3.63) is 59.4 Å². The second kappa shape index (κ2) is 8.23. The molecule has 4 rings (SSSR count). The number of hydrogen-bond acceptors (Lipinski definition) is 3. The molecule has 3 aromatic rings. The Labute approximate surface area is 169 Å². The van der Waals surface area contributed by atoms with Gasteiger partial charge in [0.1, 0.15) is 6.10 Å². The van der Waals surface area contributed by atoms with Gasteiger partial charge in [0, 0.05) is 42.5 Å². The van der Waals surface area contributed by atoms with Crippen LogP contribution in [0.3, 0.4) is 0 Å². The highest BCUT2D eigenvalue weighted by atomic mass is 35.5. The van der Waals surface area contributed by atoms with Crippen molar-refractivity contribution < 1.29 is 9.53 Å². The van der Waals surface area contributed by atoms with E-state index in [0.29, 0.717) is 17.3 Å². The number of aryl methyl sites for hydroxylation is 1. The maximum absolute atomic E-state index is 12.6. The topological polar surface area (TPSA) is 56.2 Å². The molecular formula is C22H24ClN3O2. The van der Waals surface area contributed by atoms with Gasteiger partial charge in [-0.3, -0.25) is 4.79 Å². The van der Waals surface area contributed by atoms with E-state index in [2.05, 4.69) is 27.0 Å². The average Bonchev–Trinajstić information content (AvgIpc) is 3.01. The van der Waals surface area contributed by atoms with Crippen molar-refractivity contribution in [2.75, 3.05) is 0 Å². The molecule has 0 bridgehead atoms. The minimum absolute atomic E-state index is 0.0834. The average molecular weight is 398 g/mol. The van der Waals surface area contributed by atoms with E-state index in [9.17, 15) is 4.79 Å². The van der Waals surface area contributed by atoms with Gasteiger partial charge in [0.05, 0.1) is 11.4 Å². The summed E-state index contributed by atoms with van der Waals surface area (Å²) in [6, 6.07) is 12.0. The van der Waals surface area contributed by atoms with Crippen molar-refractivity contribution >= 4 is 28.4 Å². The summed E-state index contributed by atoms with van der Waals surface area (Å²) >= 11 is 5.85. The van der Waals surface area contributed by atoms with E-state index in [1.165, 1.54) is 0 Å². The molecule has 1 aliphatic carbocycles. The lowest BCUT2D eigenvalue weighted by Crippen LogP contribution is -2.40. The van der Waals surface area contributed by atoms with Gasteiger partial charge in [-0.15, -0.1) is 0 Å². The fourth-order valence-electron chi connectivity index (χ4n) is 3.95. The molecule has 1 saturated carbocycles. The molecular weight excluding hydrogens is 374 g/mol. The van der Waals surface area contributed by atoms with Crippen molar-refractivity contribution in [3.63, 3.8) is 0 Å². The van der Waals surface area contributed by atoms with E-state index in [1.807, 2.05) is 25.4 Å². The maximum Gasteiger partial charge on any atom is 0.224 e. The Morgan fingerprint density at radius 3 is 2.75 bits per heavy atom. The SMILES string of the molecule is Cn1cc(CC(=O)NC2CCC(Oc3ccc(Cl)cn3)CC2)c2ccccc21. The molecule has 1 fully saturated rings. The van der Waals surface area contributed by atoms with Crippen LogP contribution in [0.5, 0.6) is 5.88 Å². The van der Waals surface area contributed by atoms with Gasteiger partial charge in [-0.1, -0.05) is 29.8 Å². The molecule has 0 unspecified atom stereocenters. The minimum Gasteiger partial charge on any atom is -0.474 e. The second-order valence-electron chi connectivity index (χ2n) is 7.43. The highest BCUT2D eigenvalue weighted by molar-refractivity contribution is 6.30. The third-order valence-electron chi connectivity index (χ3n) is 5.36. The van der Waals surface area contributed by atoms with E-state index >= 15 is 0 Å². The third-order valence-corrected chi connectivity index (χ3v) is 5.58. The Bertz CT molecular complexity index is 960. The Morgan fingerprint density at radius 1 is 1.21 bits per heavy atom. The van der Waals surface area contributed by atoms with Crippen LogP contribution in [0, 0.1) is 0 Å². The first kappa shape index (κ1) is 18.8. The first-order valence-corrected chi connectivity index (χ1v) is 10.1. The number of para-hydroxylation sites is 1. The highest BCUT2D eigenvalue weighted by Gasteiger charge is 2.24. The molecule has 1 aromatic carbocycles. The van der Waals surface area contributed by atoms with Crippen LogP contribution < -0.4 is 10.1 Å². The molecule has 1 aliphatic rings. The summed E-state index contributed by atoms with van der Waals surface area (Å²) in [5, 5.41) is 4.94. The summed E-state index contributed by atoms with van der Waals surface area (Å²) in [6.45, 7) is 0. The zero-order valence-electron chi connectivity index (χ0n) is 15.9. The Morgan fingerprint density at radius 2 is 2.00 bits per heavy atom. The maximum atomic E-state index is 12.6. The van der Waals surface area contributed by atoms with E-state index < -0.39 is 0 Å². The van der Waals surface area contributed by atoms with E-state index in [-0.39, 0.29) is 18.1 Å². The van der Waals surface area contributed by atoms with Crippen LogP contribution in [0.2, 0.25) is 5.02 Å². The number of aromatic nitrogens is 2. The van der Waals surface area contributed by atoms with Gasteiger partial charge >= 0.3 is 0 Å². The summed E-state index contributed by atoms with van der Waals surface area (Å²) in [7, 11) is 2.01. The molecule has 0 aliphatic heterocycles. The molecule has 5 nitrogen and oxygen atoms in total. The molecule has 0 atom stereocenters. The van der Waals surface area contributed by atoms with Crippen LogP contribution in [0.1, 0.15) is 31.2 Å². The third kappa shape index (κ3) is 4.30. The number of carbonyl (C=O) groups excluding carboxylic acids is 1. The fraction of sp³-hybridized carbons (Fsp3) is 0.364. The van der Waals surface area contributed by atoms with Crippen LogP contribution >= 0.6 is 11.6 Å². The molecule has 1 amide bonds. The van der Waals surface area contributed by atoms with Gasteiger partial charge < -0.3 is 14.6 Å². The van der Waals surface area contributed by atoms with Crippen molar-refractivity contribution in [1.29, 1.82) is 0 Å². The predicted octanol–water partition coefficient (Wildman–Crippen LogP) is 4.28. The van der Waals surface area contributed by atoms with Gasteiger partial charge in [0.15, 0.2) is 0 Å². The minimum atomic E-state index is 0.0834. The number of ether oxygens (including phenoxy) is 1. The lowest BCUT2D eigenvalue weighted by atomic mass is 9.92. The first-order chi connectivity index (χ1) is 13.6. The summed E-state index contributed by atoms with van der Waals surface area (Å²) in [5.74, 6) is 0.688. The van der Waals surface area contributed by atoms with Gasteiger partial charge in [-0.25, -0.2) is 4.98 Å².